The van der Waals surface area contributed by atoms with Crippen LogP contribution >= 0.6 is 0 Å². The van der Waals surface area contributed by atoms with Crippen molar-refractivity contribution in [2.24, 2.45) is 0 Å². The lowest BCUT2D eigenvalue weighted by molar-refractivity contribution is -0.110. The summed E-state index contributed by atoms with van der Waals surface area (Å²) < 4.78 is 33.2. The van der Waals surface area contributed by atoms with Crippen molar-refractivity contribution in [3.63, 3.8) is 0 Å². The second-order valence-electron chi connectivity index (χ2n) is 6.43. The minimum absolute atomic E-state index is 0.0550. The van der Waals surface area contributed by atoms with Crippen LogP contribution in [0.2, 0.25) is 0 Å². The Balaban J connectivity index is 1.99. The van der Waals surface area contributed by atoms with Crippen LogP contribution in [0.1, 0.15) is 5.69 Å². The molecule has 7 heteroatoms. The van der Waals surface area contributed by atoms with E-state index in [1.807, 2.05) is 0 Å². The molecular formula is C21H17NO5S. The third-order valence-electron chi connectivity index (χ3n) is 4.68. The second-order valence-corrected chi connectivity index (χ2v) is 8.21. The van der Waals surface area contributed by atoms with Gasteiger partial charge in [0, 0.05) is 5.39 Å². The minimum atomic E-state index is -4.03. The summed E-state index contributed by atoms with van der Waals surface area (Å²) in [5, 5.41) is 11.8. The number of ether oxygens (including phenoxy) is 1. The SMILES string of the molecule is COc1ccc(S(=O)(=O)n2c(C3(O)C=CC(=O)C=C3)cc3ccccc32)cc1. The molecule has 0 aliphatic heterocycles. The van der Waals surface area contributed by atoms with E-state index in [9.17, 15) is 18.3 Å². The number of benzene rings is 2. The van der Waals surface area contributed by atoms with E-state index in [2.05, 4.69) is 0 Å². The van der Waals surface area contributed by atoms with Gasteiger partial charge in [-0.15, -0.1) is 0 Å². The molecule has 1 aliphatic rings. The van der Waals surface area contributed by atoms with Crippen LogP contribution in [0.5, 0.6) is 5.75 Å². The summed E-state index contributed by atoms with van der Waals surface area (Å²) in [6.45, 7) is 0. The topological polar surface area (TPSA) is 85.6 Å². The highest BCUT2D eigenvalue weighted by Crippen LogP contribution is 2.35. The summed E-state index contributed by atoms with van der Waals surface area (Å²) in [5.41, 5.74) is -1.17. The number of ketones is 1. The van der Waals surface area contributed by atoms with Crippen molar-refractivity contribution in [1.82, 2.24) is 3.97 Å². The summed E-state index contributed by atoms with van der Waals surface area (Å²) in [7, 11) is -2.53. The van der Waals surface area contributed by atoms with E-state index in [4.69, 9.17) is 4.74 Å². The van der Waals surface area contributed by atoms with Gasteiger partial charge in [0.15, 0.2) is 5.78 Å². The van der Waals surface area contributed by atoms with Gasteiger partial charge in [0.2, 0.25) is 0 Å². The third kappa shape index (κ3) is 2.85. The van der Waals surface area contributed by atoms with Crippen molar-refractivity contribution in [2.75, 3.05) is 7.11 Å². The largest absolute Gasteiger partial charge is 0.497 e. The van der Waals surface area contributed by atoms with Crippen LogP contribution in [0.3, 0.4) is 0 Å². The third-order valence-corrected chi connectivity index (χ3v) is 6.42. The fraction of sp³-hybridized carbons (Fsp3) is 0.0952. The molecule has 0 saturated heterocycles. The van der Waals surface area contributed by atoms with E-state index < -0.39 is 15.6 Å². The normalized spacial score (nSPS) is 15.9. The Labute approximate surface area is 162 Å². The molecule has 28 heavy (non-hydrogen) atoms. The van der Waals surface area contributed by atoms with E-state index in [0.717, 1.165) is 3.97 Å². The van der Waals surface area contributed by atoms with Crippen LogP contribution in [0.15, 0.2) is 83.8 Å². The number of carbonyl (C=O) groups is 1. The second kappa shape index (κ2) is 6.47. The van der Waals surface area contributed by atoms with Gasteiger partial charge in [-0.05, 0) is 60.7 Å². The lowest BCUT2D eigenvalue weighted by Crippen LogP contribution is -2.29. The molecule has 0 spiro atoms. The first kappa shape index (κ1) is 18.2. The predicted octanol–water partition coefficient (Wildman–Crippen LogP) is 2.77. The minimum Gasteiger partial charge on any atom is -0.497 e. The van der Waals surface area contributed by atoms with Crippen LogP contribution in [0, 0.1) is 0 Å². The van der Waals surface area contributed by atoms with E-state index in [1.54, 1.807) is 42.5 Å². The van der Waals surface area contributed by atoms with Gasteiger partial charge in [0.05, 0.1) is 23.2 Å². The van der Waals surface area contributed by atoms with Crippen LogP contribution in [-0.4, -0.2) is 30.4 Å². The number of carbonyl (C=O) groups excluding carboxylic acids is 1. The Bertz CT molecular complexity index is 1220. The molecule has 4 rings (SSSR count). The highest BCUT2D eigenvalue weighted by atomic mass is 32.2. The summed E-state index contributed by atoms with van der Waals surface area (Å²) in [4.78, 5) is 11.6. The number of aromatic nitrogens is 1. The molecule has 0 saturated carbocycles. The van der Waals surface area contributed by atoms with Gasteiger partial charge in [-0.3, -0.25) is 4.79 Å². The lowest BCUT2D eigenvalue weighted by atomic mass is 9.94. The molecule has 1 aliphatic carbocycles. The maximum atomic E-state index is 13.5. The van der Waals surface area contributed by atoms with E-state index in [0.29, 0.717) is 16.7 Å². The molecule has 0 atom stereocenters. The summed E-state index contributed by atoms with van der Waals surface area (Å²) in [6, 6.07) is 14.6. The number of aliphatic hydroxyl groups is 1. The zero-order valence-electron chi connectivity index (χ0n) is 14.9. The molecule has 0 amide bonds. The Morgan fingerprint density at radius 2 is 1.64 bits per heavy atom. The molecule has 3 aromatic rings. The molecule has 0 fully saturated rings. The fourth-order valence-corrected chi connectivity index (χ4v) is 4.79. The van der Waals surface area contributed by atoms with Crippen LogP contribution in [0.4, 0.5) is 0 Å². The maximum absolute atomic E-state index is 13.5. The molecule has 0 radical (unpaired) electrons. The molecular weight excluding hydrogens is 378 g/mol. The zero-order valence-corrected chi connectivity index (χ0v) is 15.8. The highest BCUT2D eigenvalue weighted by molar-refractivity contribution is 7.90. The van der Waals surface area contributed by atoms with Crippen molar-refractivity contribution in [2.45, 2.75) is 10.5 Å². The van der Waals surface area contributed by atoms with Crippen molar-refractivity contribution in [3.05, 3.63) is 84.6 Å². The van der Waals surface area contributed by atoms with Gasteiger partial charge >= 0.3 is 0 Å². The van der Waals surface area contributed by atoms with Crippen molar-refractivity contribution in [3.8, 4) is 5.75 Å². The number of allylic oxidation sites excluding steroid dienone is 2. The Morgan fingerprint density at radius 1 is 1.00 bits per heavy atom. The molecule has 2 aromatic carbocycles. The molecule has 1 aromatic heterocycles. The first-order valence-electron chi connectivity index (χ1n) is 8.50. The molecule has 0 unspecified atom stereocenters. The predicted molar refractivity (Wildman–Crippen MR) is 105 cm³/mol. The number of hydrogen-bond donors (Lipinski definition) is 1. The smallest absolute Gasteiger partial charge is 0.268 e. The van der Waals surface area contributed by atoms with Gasteiger partial charge in [0.1, 0.15) is 11.4 Å². The van der Waals surface area contributed by atoms with E-state index >= 15 is 0 Å². The quantitative estimate of drug-likeness (QED) is 0.734. The maximum Gasteiger partial charge on any atom is 0.268 e. The zero-order chi connectivity index (χ0) is 19.9. The summed E-state index contributed by atoms with van der Waals surface area (Å²) in [5.74, 6) is 0.261. The van der Waals surface area contributed by atoms with Gasteiger partial charge in [-0.25, -0.2) is 12.4 Å². The number of fused-ring (bicyclic) bond motifs is 1. The first-order chi connectivity index (χ1) is 13.3. The van der Waals surface area contributed by atoms with Crippen LogP contribution < -0.4 is 4.74 Å². The fourth-order valence-electron chi connectivity index (χ4n) is 3.22. The summed E-state index contributed by atoms with van der Waals surface area (Å²) >= 11 is 0. The number of nitrogens with zero attached hydrogens (tertiary/aromatic N) is 1. The Kier molecular flexibility index (Phi) is 4.21. The number of methoxy groups -OCH3 is 1. The van der Waals surface area contributed by atoms with E-state index in [-0.39, 0.29) is 16.4 Å². The number of para-hydroxylation sites is 1. The average Bonchev–Trinajstić information content (AvgIpc) is 3.12. The van der Waals surface area contributed by atoms with Crippen molar-refractivity contribution in [1.29, 1.82) is 0 Å². The number of rotatable bonds is 4. The van der Waals surface area contributed by atoms with Gasteiger partial charge in [-0.2, -0.15) is 0 Å². The van der Waals surface area contributed by atoms with Crippen molar-refractivity contribution >= 4 is 26.7 Å². The standard InChI is InChI=1S/C21H17NO5S/c1-27-17-6-8-18(9-7-17)28(25,26)22-19-5-3-2-4-15(19)14-20(22)21(24)12-10-16(23)11-13-21/h2-14,24H,1H3. The highest BCUT2D eigenvalue weighted by Gasteiger charge is 2.34. The van der Waals surface area contributed by atoms with Crippen LogP contribution in [-0.2, 0) is 20.4 Å². The van der Waals surface area contributed by atoms with Crippen molar-refractivity contribution < 1.29 is 23.1 Å². The number of hydrogen-bond acceptors (Lipinski definition) is 5. The van der Waals surface area contributed by atoms with E-state index in [1.165, 1.54) is 43.5 Å². The van der Waals surface area contributed by atoms with Gasteiger partial charge < -0.3 is 9.84 Å². The average molecular weight is 395 g/mol. The Hall–Kier alpha value is -3.16. The monoisotopic (exact) mass is 395 g/mol. The first-order valence-corrected chi connectivity index (χ1v) is 9.94. The van der Waals surface area contributed by atoms with Gasteiger partial charge in [-0.1, -0.05) is 18.2 Å². The summed E-state index contributed by atoms with van der Waals surface area (Å²) in [6.07, 6.45) is 5.04. The molecule has 142 valence electrons. The van der Waals surface area contributed by atoms with Crippen LogP contribution in [0.25, 0.3) is 10.9 Å². The lowest BCUT2D eigenvalue weighted by Gasteiger charge is -2.24. The molecule has 1 N–H and O–H groups in total. The van der Waals surface area contributed by atoms with Gasteiger partial charge in [0.25, 0.3) is 10.0 Å². The Morgan fingerprint density at radius 3 is 2.29 bits per heavy atom. The molecule has 1 heterocycles. The molecule has 0 bridgehead atoms. The molecule has 6 nitrogen and oxygen atoms in total.